The molecule has 0 aromatic rings. The van der Waals surface area contributed by atoms with E-state index in [4.69, 9.17) is 14.5 Å². The van der Waals surface area contributed by atoms with Crippen LogP contribution in [0.2, 0.25) is 0 Å². The van der Waals surface area contributed by atoms with Crippen LogP contribution in [-0.2, 0) is 13.8 Å². The van der Waals surface area contributed by atoms with Gasteiger partial charge in [-0.3, -0.25) is 9.42 Å². The first-order valence-electron chi connectivity index (χ1n) is 4.83. The summed E-state index contributed by atoms with van der Waals surface area (Å²) in [5.41, 5.74) is 0.455. The first-order chi connectivity index (χ1) is 7.83. The van der Waals surface area contributed by atoms with E-state index in [-0.39, 0.29) is 13.2 Å². The zero-order valence-electron chi connectivity index (χ0n) is 9.28. The van der Waals surface area contributed by atoms with Crippen molar-refractivity contribution in [3.8, 4) is 0 Å². The lowest BCUT2D eigenvalue weighted by atomic mass is 10.3. The minimum absolute atomic E-state index is 0.155. The molecule has 1 atom stereocenters. The lowest BCUT2D eigenvalue weighted by molar-refractivity contribution is 0.0873. The number of cyclic esters (lactones) is 1. The number of phosphoric ester groups is 1. The summed E-state index contributed by atoms with van der Waals surface area (Å²) in [5.74, 6) is 0. The summed E-state index contributed by atoms with van der Waals surface area (Å²) < 4.78 is 19.6. The normalized spacial score (nSPS) is 21.0. The van der Waals surface area contributed by atoms with E-state index in [0.29, 0.717) is 5.70 Å². The van der Waals surface area contributed by atoms with Crippen LogP contribution >= 0.6 is 7.82 Å². The Morgan fingerprint density at radius 1 is 1.76 bits per heavy atom. The molecule has 1 saturated heterocycles. The Balaban J connectivity index is 2.52. The van der Waals surface area contributed by atoms with Crippen molar-refractivity contribution < 1.29 is 28.4 Å². The van der Waals surface area contributed by atoms with Crippen LogP contribution in [-0.4, -0.2) is 40.0 Å². The van der Waals surface area contributed by atoms with Crippen molar-refractivity contribution in [3.05, 3.63) is 24.4 Å². The van der Waals surface area contributed by atoms with E-state index < -0.39 is 20.0 Å². The van der Waals surface area contributed by atoms with Gasteiger partial charge in [0.05, 0.1) is 13.2 Å². The standard InChI is InChI=1S/C9H14NO6P/c1-3-4-7(2)10-5-8(16-9(10)11)6-15-17(12,13)14/h3-4,8H,2,5-6H2,1H3,(H2,12,13,14)/b4-3-/t8-/m1/s1. The van der Waals surface area contributed by atoms with Crippen LogP contribution in [0.15, 0.2) is 24.4 Å². The zero-order chi connectivity index (χ0) is 13.1. The van der Waals surface area contributed by atoms with E-state index >= 15 is 0 Å². The summed E-state index contributed by atoms with van der Waals surface area (Å²) in [6, 6.07) is 0. The van der Waals surface area contributed by atoms with Gasteiger partial charge < -0.3 is 14.5 Å². The second-order valence-corrected chi connectivity index (χ2v) is 4.63. The van der Waals surface area contributed by atoms with Crippen molar-refractivity contribution in [3.63, 3.8) is 0 Å². The van der Waals surface area contributed by atoms with Gasteiger partial charge in [-0.25, -0.2) is 9.36 Å². The van der Waals surface area contributed by atoms with Gasteiger partial charge >= 0.3 is 13.9 Å². The Kier molecular flexibility index (Phi) is 4.47. The molecule has 0 aromatic carbocycles. The predicted octanol–water partition coefficient (Wildman–Crippen LogP) is 1.01. The molecule has 0 spiro atoms. The Hall–Kier alpha value is -1.14. The van der Waals surface area contributed by atoms with Crippen LogP contribution in [0.1, 0.15) is 6.92 Å². The van der Waals surface area contributed by atoms with Crippen LogP contribution in [0.5, 0.6) is 0 Å². The van der Waals surface area contributed by atoms with E-state index in [9.17, 15) is 9.36 Å². The molecule has 1 rings (SSSR count). The highest BCUT2D eigenvalue weighted by molar-refractivity contribution is 7.46. The van der Waals surface area contributed by atoms with Gasteiger partial charge in [0.25, 0.3) is 0 Å². The molecule has 7 nitrogen and oxygen atoms in total. The van der Waals surface area contributed by atoms with Crippen LogP contribution in [0.3, 0.4) is 0 Å². The van der Waals surface area contributed by atoms with Gasteiger partial charge in [0.15, 0.2) is 0 Å². The minimum Gasteiger partial charge on any atom is -0.441 e. The third-order valence-corrected chi connectivity index (χ3v) is 2.49. The first-order valence-corrected chi connectivity index (χ1v) is 6.36. The van der Waals surface area contributed by atoms with Crippen molar-refractivity contribution in [1.29, 1.82) is 0 Å². The molecule has 0 aromatic heterocycles. The Morgan fingerprint density at radius 3 is 2.94 bits per heavy atom. The molecule has 1 fully saturated rings. The maximum Gasteiger partial charge on any atom is 0.469 e. The molecule has 1 aliphatic rings. The maximum atomic E-state index is 11.4. The summed E-state index contributed by atoms with van der Waals surface area (Å²) in [7, 11) is -4.54. The lowest BCUT2D eigenvalue weighted by Crippen LogP contribution is -2.24. The van der Waals surface area contributed by atoms with E-state index in [1.165, 1.54) is 4.90 Å². The average Bonchev–Trinajstić information content (AvgIpc) is 2.56. The number of rotatable bonds is 5. The zero-order valence-corrected chi connectivity index (χ0v) is 10.2. The fourth-order valence-electron chi connectivity index (χ4n) is 1.31. The number of ether oxygens (including phenoxy) is 1. The highest BCUT2D eigenvalue weighted by Crippen LogP contribution is 2.36. The van der Waals surface area contributed by atoms with E-state index in [1.807, 2.05) is 0 Å². The van der Waals surface area contributed by atoms with Crippen LogP contribution in [0, 0.1) is 0 Å². The molecule has 96 valence electrons. The highest BCUT2D eigenvalue weighted by atomic mass is 31.2. The van der Waals surface area contributed by atoms with Crippen molar-refractivity contribution in [2.45, 2.75) is 13.0 Å². The van der Waals surface area contributed by atoms with Gasteiger partial charge in [-0.05, 0) is 13.0 Å². The second-order valence-electron chi connectivity index (χ2n) is 3.39. The van der Waals surface area contributed by atoms with Crippen LogP contribution in [0.25, 0.3) is 0 Å². The van der Waals surface area contributed by atoms with Gasteiger partial charge in [0.2, 0.25) is 0 Å². The number of allylic oxidation sites excluding steroid dienone is 2. The molecule has 17 heavy (non-hydrogen) atoms. The molecule has 2 N–H and O–H groups in total. The molecule has 0 radical (unpaired) electrons. The fraction of sp³-hybridized carbons (Fsp3) is 0.444. The lowest BCUT2D eigenvalue weighted by Gasteiger charge is -2.12. The maximum absolute atomic E-state index is 11.4. The van der Waals surface area contributed by atoms with E-state index in [1.54, 1.807) is 19.1 Å². The fourth-order valence-corrected chi connectivity index (χ4v) is 1.67. The molecular formula is C9H14NO6P. The first kappa shape index (κ1) is 13.9. The smallest absolute Gasteiger partial charge is 0.441 e. The van der Waals surface area contributed by atoms with Crippen molar-refractivity contribution in [2.75, 3.05) is 13.2 Å². The van der Waals surface area contributed by atoms with Gasteiger partial charge in [0.1, 0.15) is 6.10 Å². The summed E-state index contributed by atoms with van der Waals surface area (Å²) in [5, 5.41) is 0. The number of carbonyl (C=O) groups excluding carboxylic acids is 1. The second kappa shape index (κ2) is 5.46. The van der Waals surface area contributed by atoms with Gasteiger partial charge in [-0.15, -0.1) is 0 Å². The number of nitrogens with zero attached hydrogens (tertiary/aromatic N) is 1. The van der Waals surface area contributed by atoms with Gasteiger partial charge in [0, 0.05) is 5.70 Å². The highest BCUT2D eigenvalue weighted by Gasteiger charge is 2.33. The Labute approximate surface area is 98.6 Å². The van der Waals surface area contributed by atoms with E-state index in [0.717, 1.165) is 0 Å². The van der Waals surface area contributed by atoms with Gasteiger partial charge in [-0.2, -0.15) is 0 Å². The molecule has 1 aliphatic heterocycles. The van der Waals surface area contributed by atoms with Crippen molar-refractivity contribution in [1.82, 2.24) is 4.90 Å². The molecular weight excluding hydrogens is 249 g/mol. The summed E-state index contributed by atoms with van der Waals surface area (Å²) in [6.45, 7) is 5.25. The molecule has 1 heterocycles. The topological polar surface area (TPSA) is 96.3 Å². The predicted molar refractivity (Wildman–Crippen MR) is 58.9 cm³/mol. The Morgan fingerprint density at radius 2 is 2.41 bits per heavy atom. The Bertz CT molecular complexity index is 387. The number of phosphoric acid groups is 1. The van der Waals surface area contributed by atoms with Crippen molar-refractivity contribution in [2.24, 2.45) is 0 Å². The molecule has 1 amide bonds. The molecule has 0 saturated carbocycles. The average molecular weight is 263 g/mol. The van der Waals surface area contributed by atoms with Gasteiger partial charge in [-0.1, -0.05) is 12.7 Å². The minimum atomic E-state index is -4.54. The third-order valence-electron chi connectivity index (χ3n) is 2.01. The van der Waals surface area contributed by atoms with Crippen LogP contribution in [0.4, 0.5) is 4.79 Å². The van der Waals surface area contributed by atoms with E-state index in [2.05, 4.69) is 11.1 Å². The van der Waals surface area contributed by atoms with Crippen LogP contribution < -0.4 is 0 Å². The third kappa shape index (κ3) is 4.32. The summed E-state index contributed by atoms with van der Waals surface area (Å²) >= 11 is 0. The SMILES string of the molecule is C=C(/C=C\C)N1C[C@H](COP(=O)(O)O)OC1=O. The summed E-state index contributed by atoms with van der Waals surface area (Å²) in [4.78, 5) is 29.7. The number of hydrogen-bond donors (Lipinski definition) is 2. The molecule has 0 unspecified atom stereocenters. The van der Waals surface area contributed by atoms with Crippen molar-refractivity contribution >= 4 is 13.9 Å². The number of hydrogen-bond acceptors (Lipinski definition) is 4. The summed E-state index contributed by atoms with van der Waals surface area (Å²) in [6.07, 6.45) is 2.03. The molecule has 0 aliphatic carbocycles. The number of amides is 1. The molecule has 0 bridgehead atoms. The number of carbonyl (C=O) groups is 1. The largest absolute Gasteiger partial charge is 0.469 e. The molecule has 8 heteroatoms. The quantitative estimate of drug-likeness (QED) is 0.567. The monoisotopic (exact) mass is 263 g/mol.